The number of anilines is 1. The number of amides is 1. The lowest BCUT2D eigenvalue weighted by Gasteiger charge is -2.19. The standard InChI is InChI=1S/C25H26Cl2N4O4S/c1-3-35-24(33)22-17(12-34-11-14-7-5-4-6-8-14)29-25(36-22)31-9-15-16(10-31)20(15)30-23(32)21-19(27)18(26)13(2)28-21/h4-8,15-16,20,28H,3,9-12H2,1-2H3,(H,30,32)/t15-,16+,20?. The van der Waals surface area contributed by atoms with Crippen molar-refractivity contribution in [3.63, 3.8) is 0 Å². The number of aromatic amines is 1. The van der Waals surface area contributed by atoms with Gasteiger partial charge < -0.3 is 24.7 Å². The van der Waals surface area contributed by atoms with Crippen molar-refractivity contribution >= 4 is 51.5 Å². The highest BCUT2D eigenvalue weighted by atomic mass is 35.5. The largest absolute Gasteiger partial charge is 0.462 e. The van der Waals surface area contributed by atoms with Crippen LogP contribution in [0.1, 0.15) is 44.0 Å². The number of aromatic nitrogens is 2. The van der Waals surface area contributed by atoms with Crippen LogP contribution in [0.2, 0.25) is 10.0 Å². The lowest BCUT2D eigenvalue weighted by molar-refractivity contribution is 0.0522. The van der Waals surface area contributed by atoms with E-state index in [1.54, 1.807) is 13.8 Å². The number of thiazole rings is 1. The smallest absolute Gasteiger partial charge is 0.350 e. The van der Waals surface area contributed by atoms with E-state index in [9.17, 15) is 9.59 Å². The maximum atomic E-state index is 12.7. The predicted octanol–water partition coefficient (Wildman–Crippen LogP) is 4.84. The third kappa shape index (κ3) is 4.98. The van der Waals surface area contributed by atoms with Gasteiger partial charge in [0.05, 0.1) is 35.6 Å². The average Bonchev–Trinajstić information content (AvgIpc) is 3.23. The molecule has 0 radical (unpaired) electrons. The van der Waals surface area contributed by atoms with E-state index in [2.05, 4.69) is 15.2 Å². The van der Waals surface area contributed by atoms with Crippen LogP contribution in [0, 0.1) is 18.8 Å². The number of H-pyrrole nitrogens is 1. The quantitative estimate of drug-likeness (QED) is 0.371. The molecule has 3 atom stereocenters. The minimum atomic E-state index is -0.383. The molecule has 1 saturated carbocycles. The molecular formula is C25H26Cl2N4O4S. The predicted molar refractivity (Wildman–Crippen MR) is 139 cm³/mol. The molecule has 2 aliphatic rings. The van der Waals surface area contributed by atoms with Crippen LogP contribution < -0.4 is 10.2 Å². The number of halogens is 2. The fourth-order valence-electron chi connectivity index (χ4n) is 4.62. The van der Waals surface area contributed by atoms with Gasteiger partial charge in [0.2, 0.25) is 0 Å². The molecule has 190 valence electrons. The van der Waals surface area contributed by atoms with Gasteiger partial charge in [-0.1, -0.05) is 64.9 Å². The Balaban J connectivity index is 1.21. The van der Waals surface area contributed by atoms with Gasteiger partial charge in [0.1, 0.15) is 10.6 Å². The lowest BCUT2D eigenvalue weighted by atomic mass is 10.2. The van der Waals surface area contributed by atoms with Gasteiger partial charge in [0.15, 0.2) is 5.13 Å². The molecule has 8 nitrogen and oxygen atoms in total. The highest BCUT2D eigenvalue weighted by Crippen LogP contribution is 2.48. The Hall–Kier alpha value is -2.59. The number of esters is 1. The molecule has 2 fully saturated rings. The summed E-state index contributed by atoms with van der Waals surface area (Å²) in [7, 11) is 0. The number of ether oxygens (including phenoxy) is 2. The second-order valence-corrected chi connectivity index (χ2v) is 10.7. The van der Waals surface area contributed by atoms with Crippen molar-refractivity contribution in [3.05, 3.63) is 67.9 Å². The number of nitrogens with one attached hydrogen (secondary N) is 2. The molecular weight excluding hydrogens is 523 g/mol. The van der Waals surface area contributed by atoms with E-state index in [0.29, 0.717) is 52.0 Å². The maximum Gasteiger partial charge on any atom is 0.350 e. The van der Waals surface area contributed by atoms with Gasteiger partial charge >= 0.3 is 5.97 Å². The summed E-state index contributed by atoms with van der Waals surface area (Å²) in [5, 5.41) is 4.45. The summed E-state index contributed by atoms with van der Waals surface area (Å²) in [4.78, 5) is 35.6. The van der Waals surface area contributed by atoms with Crippen molar-refractivity contribution in [3.8, 4) is 0 Å². The molecule has 1 aliphatic heterocycles. The number of hydrogen-bond acceptors (Lipinski definition) is 7. The third-order valence-electron chi connectivity index (χ3n) is 6.54. The van der Waals surface area contributed by atoms with Crippen LogP contribution in [0.5, 0.6) is 0 Å². The minimum absolute atomic E-state index is 0.0744. The zero-order chi connectivity index (χ0) is 25.4. The van der Waals surface area contributed by atoms with Gasteiger partial charge in [0.25, 0.3) is 5.91 Å². The zero-order valence-electron chi connectivity index (χ0n) is 19.8. The van der Waals surface area contributed by atoms with E-state index in [0.717, 1.165) is 23.8 Å². The average molecular weight is 549 g/mol. The Morgan fingerprint density at radius 3 is 2.53 bits per heavy atom. The van der Waals surface area contributed by atoms with Crippen LogP contribution in [-0.2, 0) is 22.7 Å². The summed E-state index contributed by atoms with van der Waals surface area (Å²) in [6, 6.07) is 9.93. The highest BCUT2D eigenvalue weighted by Gasteiger charge is 2.57. The second kappa shape index (κ2) is 10.4. The summed E-state index contributed by atoms with van der Waals surface area (Å²) >= 11 is 13.6. The number of aryl methyl sites for hydroxylation is 1. The van der Waals surface area contributed by atoms with E-state index >= 15 is 0 Å². The number of piperidine rings is 1. The number of rotatable bonds is 9. The zero-order valence-corrected chi connectivity index (χ0v) is 22.2. The SMILES string of the molecule is CCOC(=O)c1sc(N2C[C@@H]3C(NC(=O)c4[nH]c(C)c(Cl)c4Cl)[C@@H]3C2)nc1COCc1ccccc1. The van der Waals surface area contributed by atoms with Gasteiger partial charge in [0, 0.05) is 36.7 Å². The number of nitrogens with zero attached hydrogens (tertiary/aromatic N) is 2. The van der Waals surface area contributed by atoms with Crippen molar-refractivity contribution in [2.24, 2.45) is 11.8 Å². The Kier molecular flexibility index (Phi) is 7.25. The fraction of sp³-hybridized carbons (Fsp3) is 0.400. The number of fused-ring (bicyclic) bond motifs is 1. The Labute approximate surface area is 222 Å². The molecule has 2 N–H and O–H groups in total. The molecule has 0 bridgehead atoms. The second-order valence-electron chi connectivity index (χ2n) is 8.96. The van der Waals surface area contributed by atoms with Gasteiger partial charge in [-0.05, 0) is 19.4 Å². The molecule has 1 aromatic carbocycles. The molecule has 36 heavy (non-hydrogen) atoms. The van der Waals surface area contributed by atoms with Crippen molar-refractivity contribution in [2.75, 3.05) is 24.6 Å². The molecule has 0 spiro atoms. The summed E-state index contributed by atoms with van der Waals surface area (Å²) < 4.78 is 11.1. The third-order valence-corrected chi connectivity index (χ3v) is 8.63. The highest BCUT2D eigenvalue weighted by molar-refractivity contribution is 7.17. The minimum Gasteiger partial charge on any atom is -0.462 e. The van der Waals surface area contributed by atoms with E-state index < -0.39 is 0 Å². The Morgan fingerprint density at radius 2 is 1.89 bits per heavy atom. The van der Waals surface area contributed by atoms with Gasteiger partial charge in [-0.15, -0.1) is 0 Å². The summed E-state index contributed by atoms with van der Waals surface area (Å²) in [6.45, 7) is 5.99. The van der Waals surface area contributed by atoms with Gasteiger partial charge in [-0.3, -0.25) is 4.79 Å². The number of hydrogen-bond donors (Lipinski definition) is 2. The summed E-state index contributed by atoms with van der Waals surface area (Å²) in [5.41, 5.74) is 2.60. The van der Waals surface area contributed by atoms with E-state index in [-0.39, 0.29) is 29.5 Å². The maximum absolute atomic E-state index is 12.7. The number of carbonyl (C=O) groups excluding carboxylic acids is 2. The Morgan fingerprint density at radius 1 is 1.17 bits per heavy atom. The molecule has 5 rings (SSSR count). The number of benzene rings is 1. The van der Waals surface area contributed by atoms with Crippen molar-refractivity contribution in [2.45, 2.75) is 33.1 Å². The van der Waals surface area contributed by atoms with Crippen LogP contribution in [0.3, 0.4) is 0 Å². The first-order valence-electron chi connectivity index (χ1n) is 11.7. The molecule has 3 heterocycles. The molecule has 1 unspecified atom stereocenters. The summed E-state index contributed by atoms with van der Waals surface area (Å²) in [5.74, 6) is -0.0116. The van der Waals surface area contributed by atoms with Crippen molar-refractivity contribution in [1.29, 1.82) is 0 Å². The summed E-state index contributed by atoms with van der Waals surface area (Å²) in [6.07, 6.45) is 0. The van der Waals surface area contributed by atoms with Crippen LogP contribution in [0.25, 0.3) is 0 Å². The van der Waals surface area contributed by atoms with Gasteiger partial charge in [-0.25, -0.2) is 9.78 Å². The first-order valence-corrected chi connectivity index (χ1v) is 13.3. The number of carbonyl (C=O) groups is 2. The Bertz CT molecular complexity index is 1270. The molecule has 1 amide bonds. The fourth-order valence-corrected chi connectivity index (χ4v) is 6.01. The lowest BCUT2D eigenvalue weighted by Crippen LogP contribution is -2.34. The molecule has 11 heteroatoms. The van der Waals surface area contributed by atoms with E-state index in [1.165, 1.54) is 11.3 Å². The van der Waals surface area contributed by atoms with Crippen LogP contribution >= 0.6 is 34.5 Å². The van der Waals surface area contributed by atoms with Crippen LogP contribution in [-0.4, -0.2) is 47.6 Å². The molecule has 2 aromatic heterocycles. The van der Waals surface area contributed by atoms with Crippen LogP contribution in [0.4, 0.5) is 5.13 Å². The first-order chi connectivity index (χ1) is 17.4. The molecule has 1 aliphatic carbocycles. The van der Waals surface area contributed by atoms with Crippen LogP contribution in [0.15, 0.2) is 30.3 Å². The molecule has 1 saturated heterocycles. The van der Waals surface area contributed by atoms with E-state index in [4.69, 9.17) is 37.7 Å². The van der Waals surface area contributed by atoms with Gasteiger partial charge in [-0.2, -0.15) is 0 Å². The molecule has 3 aromatic rings. The van der Waals surface area contributed by atoms with Crippen molar-refractivity contribution < 1.29 is 19.1 Å². The first kappa shape index (κ1) is 25.1. The topological polar surface area (TPSA) is 96.6 Å². The van der Waals surface area contributed by atoms with E-state index in [1.807, 2.05) is 30.3 Å². The van der Waals surface area contributed by atoms with Crippen molar-refractivity contribution in [1.82, 2.24) is 15.3 Å². The normalized spacial score (nSPS) is 20.3. The monoisotopic (exact) mass is 548 g/mol.